The molecule has 0 aliphatic carbocycles. The number of carbonyl (C=O) groups is 1. The van der Waals surface area contributed by atoms with Gasteiger partial charge in [0.1, 0.15) is 6.61 Å². The molecule has 3 nitrogen and oxygen atoms in total. The summed E-state index contributed by atoms with van der Waals surface area (Å²) in [5.74, 6) is 0. The van der Waals surface area contributed by atoms with Crippen molar-refractivity contribution < 1.29 is 11.0 Å². The van der Waals surface area contributed by atoms with Gasteiger partial charge in [-0.3, -0.25) is 0 Å². The van der Waals surface area contributed by atoms with Gasteiger partial charge < -0.3 is 10.1 Å². The number of amides is 1. The molecule has 0 aliphatic rings. The molecule has 0 spiro atoms. The molecular formula is C12H19NO2. The molecule has 0 saturated carbocycles. The molecule has 0 heterocycles. The fraction of sp³-hybridized carbons (Fsp3) is 0.417. The highest BCUT2D eigenvalue weighted by Crippen LogP contribution is 2.00. The fourth-order valence-corrected chi connectivity index (χ4v) is 1.14. The lowest BCUT2D eigenvalue weighted by molar-refractivity contribution is 0.139. The van der Waals surface area contributed by atoms with Gasteiger partial charge in [0.2, 0.25) is 0 Å². The highest BCUT2D eigenvalue weighted by atomic mass is 16.5. The van der Waals surface area contributed by atoms with Crippen LogP contribution >= 0.6 is 0 Å². The Kier molecular flexibility index (Phi) is 5.30. The molecule has 0 bridgehead atoms. The monoisotopic (exact) mass is 209 g/mol. The number of carbonyl (C=O) groups excluding carboxylic acids is 1. The summed E-state index contributed by atoms with van der Waals surface area (Å²) in [6.07, 6.45) is 1.71. The van der Waals surface area contributed by atoms with Crippen LogP contribution in [0.15, 0.2) is 30.3 Å². The van der Waals surface area contributed by atoms with Crippen molar-refractivity contribution in [2.75, 3.05) is 6.54 Å². The number of ether oxygens (including phenoxy) is 1. The maximum absolute atomic E-state index is 11.2. The van der Waals surface area contributed by atoms with Crippen LogP contribution in [0, 0.1) is 0 Å². The Bertz CT molecular complexity index is 290. The van der Waals surface area contributed by atoms with Gasteiger partial charge in [0.15, 0.2) is 0 Å². The molecule has 0 aliphatic heterocycles. The highest BCUT2D eigenvalue weighted by molar-refractivity contribution is 5.67. The van der Waals surface area contributed by atoms with Crippen molar-refractivity contribution in [1.82, 2.24) is 5.32 Å². The van der Waals surface area contributed by atoms with Crippen LogP contribution in [-0.2, 0) is 11.3 Å². The molecule has 0 unspecified atom stereocenters. The van der Waals surface area contributed by atoms with E-state index in [1.807, 2.05) is 30.3 Å². The lowest BCUT2D eigenvalue weighted by atomic mass is 10.2. The SMILES string of the molecule is CCCCNC(=O)OCc1ccccc1.[HH]. The van der Waals surface area contributed by atoms with E-state index in [1.165, 1.54) is 0 Å². The minimum atomic E-state index is -0.340. The second-order valence-corrected chi connectivity index (χ2v) is 3.34. The minimum absolute atomic E-state index is 0. The van der Waals surface area contributed by atoms with E-state index in [-0.39, 0.29) is 7.52 Å². The van der Waals surface area contributed by atoms with Crippen LogP contribution in [0.2, 0.25) is 0 Å². The Hall–Kier alpha value is -1.51. The lowest BCUT2D eigenvalue weighted by Gasteiger charge is -2.06. The minimum Gasteiger partial charge on any atom is -0.445 e. The van der Waals surface area contributed by atoms with Crippen molar-refractivity contribution in [1.29, 1.82) is 0 Å². The van der Waals surface area contributed by atoms with Crippen LogP contribution in [0.25, 0.3) is 0 Å². The fourth-order valence-electron chi connectivity index (χ4n) is 1.14. The molecule has 0 fully saturated rings. The van der Waals surface area contributed by atoms with Gasteiger partial charge in [0.25, 0.3) is 0 Å². The zero-order valence-corrected chi connectivity index (χ0v) is 9.03. The van der Waals surface area contributed by atoms with Gasteiger partial charge in [-0.25, -0.2) is 4.79 Å². The summed E-state index contributed by atoms with van der Waals surface area (Å²) in [6, 6.07) is 9.64. The van der Waals surface area contributed by atoms with Crippen LogP contribution in [0.5, 0.6) is 0 Å². The van der Waals surface area contributed by atoms with E-state index in [9.17, 15) is 4.79 Å². The van der Waals surface area contributed by atoms with E-state index in [1.54, 1.807) is 0 Å². The van der Waals surface area contributed by atoms with Gasteiger partial charge in [-0.15, -0.1) is 0 Å². The average Bonchev–Trinajstić information content (AvgIpc) is 2.28. The van der Waals surface area contributed by atoms with Crippen LogP contribution in [0.4, 0.5) is 4.79 Å². The molecular weight excluding hydrogens is 190 g/mol. The Morgan fingerprint density at radius 1 is 1.40 bits per heavy atom. The number of hydrogen-bond acceptors (Lipinski definition) is 2. The Labute approximate surface area is 91.9 Å². The molecule has 3 heteroatoms. The third-order valence-corrected chi connectivity index (χ3v) is 2.01. The van der Waals surface area contributed by atoms with Gasteiger partial charge in [-0.05, 0) is 12.0 Å². The van der Waals surface area contributed by atoms with E-state index in [2.05, 4.69) is 12.2 Å². The third-order valence-electron chi connectivity index (χ3n) is 2.01. The molecule has 1 aromatic carbocycles. The smallest absolute Gasteiger partial charge is 0.407 e. The average molecular weight is 209 g/mol. The van der Waals surface area contributed by atoms with E-state index in [0.717, 1.165) is 18.4 Å². The number of nitrogens with one attached hydrogen (secondary N) is 1. The van der Waals surface area contributed by atoms with Crippen LogP contribution in [-0.4, -0.2) is 12.6 Å². The summed E-state index contributed by atoms with van der Waals surface area (Å²) in [5.41, 5.74) is 1.00. The molecule has 1 amide bonds. The second-order valence-electron chi connectivity index (χ2n) is 3.34. The summed E-state index contributed by atoms with van der Waals surface area (Å²) in [5, 5.41) is 2.69. The standard InChI is InChI=1S/C12H17NO2.H2/c1-2-3-9-13-12(14)15-10-11-7-5-4-6-8-11;/h4-8H,2-3,9-10H2,1H3,(H,13,14);1H. The summed E-state index contributed by atoms with van der Waals surface area (Å²) >= 11 is 0. The van der Waals surface area contributed by atoms with E-state index in [4.69, 9.17) is 4.74 Å². The van der Waals surface area contributed by atoms with Gasteiger partial charge in [0, 0.05) is 7.97 Å². The topological polar surface area (TPSA) is 38.3 Å². The lowest BCUT2D eigenvalue weighted by Crippen LogP contribution is -2.25. The summed E-state index contributed by atoms with van der Waals surface area (Å²) in [4.78, 5) is 11.2. The number of benzene rings is 1. The largest absolute Gasteiger partial charge is 0.445 e. The number of rotatable bonds is 5. The van der Waals surface area contributed by atoms with Gasteiger partial charge in [-0.2, -0.15) is 0 Å². The molecule has 1 aromatic rings. The van der Waals surface area contributed by atoms with Crippen molar-refractivity contribution >= 4 is 6.09 Å². The molecule has 84 valence electrons. The number of hydrogen-bond donors (Lipinski definition) is 1. The van der Waals surface area contributed by atoms with Crippen molar-refractivity contribution in [2.24, 2.45) is 0 Å². The Morgan fingerprint density at radius 2 is 2.13 bits per heavy atom. The van der Waals surface area contributed by atoms with E-state index >= 15 is 0 Å². The number of alkyl carbamates (subject to hydrolysis) is 1. The summed E-state index contributed by atoms with van der Waals surface area (Å²) < 4.78 is 5.02. The first kappa shape index (κ1) is 11.6. The van der Waals surface area contributed by atoms with Crippen LogP contribution < -0.4 is 5.32 Å². The Morgan fingerprint density at radius 3 is 2.80 bits per heavy atom. The first-order valence-corrected chi connectivity index (χ1v) is 5.27. The van der Waals surface area contributed by atoms with E-state index in [0.29, 0.717) is 13.2 Å². The molecule has 15 heavy (non-hydrogen) atoms. The molecule has 0 atom stereocenters. The van der Waals surface area contributed by atoms with Crippen molar-refractivity contribution in [3.63, 3.8) is 0 Å². The highest BCUT2D eigenvalue weighted by Gasteiger charge is 2.00. The van der Waals surface area contributed by atoms with Crippen LogP contribution in [0.1, 0.15) is 26.8 Å². The Balaban J connectivity index is 0.00000225. The maximum atomic E-state index is 11.2. The van der Waals surface area contributed by atoms with Crippen molar-refractivity contribution in [2.45, 2.75) is 26.4 Å². The zero-order chi connectivity index (χ0) is 10.9. The normalized spacial score (nSPS) is 9.67. The molecule has 1 N–H and O–H groups in total. The van der Waals surface area contributed by atoms with E-state index < -0.39 is 0 Å². The first-order valence-electron chi connectivity index (χ1n) is 5.27. The van der Waals surface area contributed by atoms with Gasteiger partial charge in [-0.1, -0.05) is 43.7 Å². The van der Waals surface area contributed by atoms with Gasteiger partial charge >= 0.3 is 6.09 Å². The van der Waals surface area contributed by atoms with Crippen LogP contribution in [0.3, 0.4) is 0 Å². The summed E-state index contributed by atoms with van der Waals surface area (Å²) in [6.45, 7) is 3.10. The predicted octanol–water partition coefficient (Wildman–Crippen LogP) is 2.96. The predicted molar refractivity (Wildman–Crippen MR) is 61.7 cm³/mol. The molecule has 0 aromatic heterocycles. The van der Waals surface area contributed by atoms with Gasteiger partial charge in [0.05, 0.1) is 0 Å². The van der Waals surface area contributed by atoms with Crippen molar-refractivity contribution in [3.05, 3.63) is 35.9 Å². The zero-order valence-electron chi connectivity index (χ0n) is 9.03. The second kappa shape index (κ2) is 6.87. The number of unbranched alkanes of at least 4 members (excludes halogenated alkanes) is 1. The molecule has 0 radical (unpaired) electrons. The molecule has 1 rings (SSSR count). The van der Waals surface area contributed by atoms with Crippen molar-refractivity contribution in [3.8, 4) is 0 Å². The summed E-state index contributed by atoms with van der Waals surface area (Å²) in [7, 11) is 0. The maximum Gasteiger partial charge on any atom is 0.407 e. The first-order chi connectivity index (χ1) is 7.33. The quantitative estimate of drug-likeness (QED) is 0.757. The molecule has 0 saturated heterocycles. The third kappa shape index (κ3) is 5.05.